The van der Waals surface area contributed by atoms with Gasteiger partial charge in [0.15, 0.2) is 11.5 Å². The molecule has 41 heavy (non-hydrogen) atoms. The highest BCUT2D eigenvalue weighted by Gasteiger charge is 2.30. The third-order valence-electron chi connectivity index (χ3n) is 4.56. The Morgan fingerprint density at radius 3 is 1.85 bits per heavy atom. The monoisotopic (exact) mass is 605 g/mol. The second-order valence-electron chi connectivity index (χ2n) is 10.3. The van der Waals surface area contributed by atoms with E-state index in [1.165, 1.54) is 12.7 Å². The van der Waals surface area contributed by atoms with E-state index in [0.717, 1.165) is 0 Å². The van der Waals surface area contributed by atoms with Gasteiger partial charge in [-0.25, -0.2) is 15.0 Å². The van der Waals surface area contributed by atoms with Crippen molar-refractivity contribution in [1.29, 1.82) is 0 Å². The summed E-state index contributed by atoms with van der Waals surface area (Å²) in [6, 6.07) is 0. The summed E-state index contributed by atoms with van der Waals surface area (Å²) >= 11 is 0. The van der Waals surface area contributed by atoms with E-state index >= 15 is 0 Å². The lowest BCUT2D eigenvalue weighted by atomic mass is 9.98. The fraction of sp³-hybridized carbons (Fsp3) is 0.609. The van der Waals surface area contributed by atoms with Gasteiger partial charge in [-0.2, -0.15) is 0 Å². The topological polar surface area (TPSA) is 242 Å². The minimum absolute atomic E-state index is 0.0929. The first-order chi connectivity index (χ1) is 18.9. The molecule has 230 valence electrons. The molecular weight excluding hydrogens is 569 g/mol. The van der Waals surface area contributed by atoms with Gasteiger partial charge in [-0.1, -0.05) is 0 Å². The first-order valence-corrected chi connectivity index (χ1v) is 13.7. The number of carboxylic acid groups (broad SMARTS) is 2. The predicted octanol–water partition coefficient (Wildman–Crippen LogP) is 2.25. The van der Waals surface area contributed by atoms with Gasteiger partial charge in [0.25, 0.3) is 0 Å². The lowest BCUT2D eigenvalue weighted by Crippen LogP contribution is -2.25. The number of imidazole rings is 1. The van der Waals surface area contributed by atoms with Crippen LogP contribution in [0.5, 0.6) is 0 Å². The number of hydrogen-bond acceptors (Lipinski definition) is 14. The van der Waals surface area contributed by atoms with E-state index in [4.69, 9.17) is 39.2 Å². The van der Waals surface area contributed by atoms with Crippen LogP contribution >= 0.6 is 7.60 Å². The van der Waals surface area contributed by atoms with E-state index in [-0.39, 0.29) is 12.4 Å². The van der Waals surface area contributed by atoms with Crippen molar-refractivity contribution in [2.75, 3.05) is 32.3 Å². The van der Waals surface area contributed by atoms with Crippen molar-refractivity contribution in [3.63, 3.8) is 0 Å². The summed E-state index contributed by atoms with van der Waals surface area (Å²) in [5, 5.41) is 15.4. The van der Waals surface area contributed by atoms with Crippen molar-refractivity contribution in [3.8, 4) is 0 Å². The van der Waals surface area contributed by atoms with Crippen molar-refractivity contribution in [1.82, 2.24) is 19.5 Å². The van der Waals surface area contributed by atoms with Crippen molar-refractivity contribution in [2.45, 2.75) is 54.5 Å². The molecule has 0 spiro atoms. The number of fused-ring (bicyclic) bond motifs is 1. The van der Waals surface area contributed by atoms with Gasteiger partial charge in [0, 0.05) is 6.54 Å². The molecule has 0 saturated carbocycles. The third kappa shape index (κ3) is 13.0. The predicted molar refractivity (Wildman–Crippen MR) is 141 cm³/mol. The average molecular weight is 606 g/mol. The Morgan fingerprint density at radius 1 is 0.902 bits per heavy atom. The summed E-state index contributed by atoms with van der Waals surface area (Å²) < 4.78 is 40.7. The summed E-state index contributed by atoms with van der Waals surface area (Å²) in [5.74, 6) is -3.47. The zero-order chi connectivity index (χ0) is 31.4. The van der Waals surface area contributed by atoms with E-state index in [9.17, 15) is 23.7 Å². The molecule has 0 unspecified atom stereocenters. The van der Waals surface area contributed by atoms with Gasteiger partial charge in [0.05, 0.1) is 23.8 Å². The Kier molecular flexibility index (Phi) is 13.3. The normalized spacial score (nSPS) is 11.9. The number of hydrogen-bond donors (Lipinski definition) is 3. The first-order valence-electron chi connectivity index (χ1n) is 12.0. The van der Waals surface area contributed by atoms with Crippen LogP contribution in [0.1, 0.15) is 48.0 Å². The molecule has 0 amide bonds. The molecule has 2 heterocycles. The molecule has 17 nitrogen and oxygen atoms in total. The number of esters is 2. The van der Waals surface area contributed by atoms with Gasteiger partial charge in [-0.3, -0.25) is 32.8 Å². The Balaban J connectivity index is 0.00000106. The highest BCUT2D eigenvalue weighted by atomic mass is 31.2. The third-order valence-corrected chi connectivity index (χ3v) is 6.06. The van der Waals surface area contributed by atoms with Crippen molar-refractivity contribution < 1.29 is 57.2 Å². The van der Waals surface area contributed by atoms with Crippen LogP contribution in [0.25, 0.3) is 11.2 Å². The van der Waals surface area contributed by atoms with Gasteiger partial charge in [0.1, 0.15) is 24.6 Å². The molecule has 0 aromatic carbocycles. The number of aliphatic carboxylic acids is 2. The Hall–Kier alpha value is -3.66. The number of carbonyl (C=O) groups is 4. The van der Waals surface area contributed by atoms with E-state index in [1.807, 2.05) is 0 Å². The molecule has 0 fully saturated rings. The zero-order valence-electron chi connectivity index (χ0n) is 23.7. The molecule has 18 heteroatoms. The molecule has 0 saturated heterocycles. The number of aromatic nitrogens is 4. The van der Waals surface area contributed by atoms with Crippen LogP contribution in [0.4, 0.5) is 5.82 Å². The standard InChI is InChI=1S/C20H32N5O8P.C3H4O4/c1-19(2,3)17(26)30-11-32-34(28,33-12-31-18(27)20(4,5)6)13-29-8-7-25-10-24-14-15(21)22-9-23-16(14)25;4-2(5)1-3(6)7/h9-10H,7-8,11-13H2,1-6H3,(H2,21,22,23);1H2,(H,4,5)(H,6,7). The van der Waals surface area contributed by atoms with Crippen LogP contribution in [0.2, 0.25) is 0 Å². The van der Waals surface area contributed by atoms with Crippen molar-refractivity contribution in [2.24, 2.45) is 10.8 Å². The number of ether oxygens (including phenoxy) is 3. The minimum Gasteiger partial charge on any atom is -0.481 e. The maximum absolute atomic E-state index is 13.1. The molecular formula is C23H36N5O12P. The summed E-state index contributed by atoms with van der Waals surface area (Å²) in [7, 11) is -3.95. The van der Waals surface area contributed by atoms with Gasteiger partial charge in [0.2, 0.25) is 13.6 Å². The molecule has 0 aliphatic rings. The number of carbonyl (C=O) groups excluding carboxylic acids is 2. The van der Waals surface area contributed by atoms with E-state index in [0.29, 0.717) is 17.7 Å². The van der Waals surface area contributed by atoms with Crippen molar-refractivity contribution in [3.05, 3.63) is 12.7 Å². The summed E-state index contributed by atoms with van der Waals surface area (Å²) in [6.45, 7) is 9.16. The maximum Gasteiger partial charge on any atom is 0.361 e. The SMILES string of the molecule is CC(C)(C)C(=O)OCOP(=O)(COCCn1cnc2c(N)ncnc21)OCOC(=O)C(C)(C)C.O=C(O)CC(=O)O. The van der Waals surface area contributed by atoms with Crippen LogP contribution in [-0.2, 0) is 53.5 Å². The van der Waals surface area contributed by atoms with Crippen LogP contribution in [0.15, 0.2) is 12.7 Å². The minimum atomic E-state index is -3.95. The molecule has 2 aromatic heterocycles. The van der Waals surface area contributed by atoms with Gasteiger partial charge < -0.3 is 34.7 Å². The van der Waals surface area contributed by atoms with Gasteiger partial charge in [-0.15, -0.1) is 0 Å². The summed E-state index contributed by atoms with van der Waals surface area (Å²) in [4.78, 5) is 54.9. The number of anilines is 1. The summed E-state index contributed by atoms with van der Waals surface area (Å²) in [5.41, 5.74) is 5.21. The fourth-order valence-electron chi connectivity index (χ4n) is 2.40. The molecule has 2 aromatic rings. The Morgan fingerprint density at radius 2 is 1.41 bits per heavy atom. The second-order valence-corrected chi connectivity index (χ2v) is 12.3. The van der Waals surface area contributed by atoms with E-state index in [2.05, 4.69) is 15.0 Å². The lowest BCUT2D eigenvalue weighted by Gasteiger charge is -2.22. The second kappa shape index (κ2) is 15.4. The Labute approximate surface area is 235 Å². The number of carboxylic acids is 2. The molecule has 4 N–H and O–H groups in total. The quantitative estimate of drug-likeness (QED) is 0.0974. The van der Waals surface area contributed by atoms with Gasteiger partial charge >= 0.3 is 31.5 Å². The largest absolute Gasteiger partial charge is 0.481 e. The van der Waals surface area contributed by atoms with Crippen molar-refractivity contribution >= 4 is 48.5 Å². The molecule has 0 aliphatic heterocycles. The highest BCUT2D eigenvalue weighted by Crippen LogP contribution is 2.48. The number of nitrogens with two attached hydrogens (primary N) is 1. The Bertz CT molecular complexity index is 1200. The van der Waals surface area contributed by atoms with Crippen LogP contribution < -0.4 is 5.73 Å². The highest BCUT2D eigenvalue weighted by molar-refractivity contribution is 7.53. The number of nitrogens with zero attached hydrogens (tertiary/aromatic N) is 4. The average Bonchev–Trinajstić information content (AvgIpc) is 3.24. The maximum atomic E-state index is 13.1. The van der Waals surface area contributed by atoms with E-state index < -0.39 is 68.7 Å². The van der Waals surface area contributed by atoms with Crippen LogP contribution in [0, 0.1) is 10.8 Å². The number of rotatable bonds is 13. The molecule has 2 rings (SSSR count). The zero-order valence-corrected chi connectivity index (χ0v) is 24.6. The molecule has 0 radical (unpaired) electrons. The smallest absolute Gasteiger partial charge is 0.361 e. The molecule has 0 bridgehead atoms. The van der Waals surface area contributed by atoms with Crippen LogP contribution in [0.3, 0.4) is 0 Å². The lowest BCUT2D eigenvalue weighted by molar-refractivity contribution is -0.162. The van der Waals surface area contributed by atoms with E-state index in [1.54, 1.807) is 46.1 Å². The number of nitrogen functional groups attached to an aromatic ring is 1. The van der Waals surface area contributed by atoms with Crippen LogP contribution in [-0.4, -0.2) is 80.2 Å². The molecule has 0 aliphatic carbocycles. The van der Waals surface area contributed by atoms with Gasteiger partial charge in [-0.05, 0) is 41.5 Å². The first kappa shape index (κ1) is 35.4. The molecule has 0 atom stereocenters. The summed E-state index contributed by atoms with van der Waals surface area (Å²) in [6.07, 6.45) is 1.57. The fourth-order valence-corrected chi connectivity index (χ4v) is 3.40.